The average Bonchev–Trinajstić information content (AvgIpc) is 3.22. The zero-order chi connectivity index (χ0) is 16.9. The van der Waals surface area contributed by atoms with Gasteiger partial charge in [0.25, 0.3) is 0 Å². The van der Waals surface area contributed by atoms with Crippen LogP contribution in [0.1, 0.15) is 24.8 Å². The first-order valence-electron chi connectivity index (χ1n) is 9.10. The van der Waals surface area contributed by atoms with Gasteiger partial charge in [0.15, 0.2) is 0 Å². The van der Waals surface area contributed by atoms with Gasteiger partial charge in [0.2, 0.25) is 0 Å². The van der Waals surface area contributed by atoms with Gasteiger partial charge in [-0.1, -0.05) is 30.3 Å². The van der Waals surface area contributed by atoms with E-state index in [1.165, 1.54) is 24.8 Å². The molecule has 0 aliphatic carbocycles. The number of hydrazine groups is 1. The summed E-state index contributed by atoms with van der Waals surface area (Å²) in [6.07, 6.45) is 7.47. The molecule has 0 radical (unpaired) electrons. The van der Waals surface area contributed by atoms with Crippen molar-refractivity contribution >= 4 is 17.6 Å². The standard InChI is InChI=1S/C19H25N5S/c1-2-4-15(5-3-1)14-25-19-13-20-12-18(22-19)24-10-7-16(8-11-24)17-6-9-21-23-17/h1-5,12-13,16-17,21,23H,6-11,14H2. The highest BCUT2D eigenvalue weighted by atomic mass is 32.2. The van der Waals surface area contributed by atoms with Gasteiger partial charge in [0, 0.05) is 31.4 Å². The van der Waals surface area contributed by atoms with Gasteiger partial charge in [-0.05, 0) is 30.7 Å². The Kier molecular flexibility index (Phi) is 5.49. The third kappa shape index (κ3) is 4.32. The molecule has 0 saturated carbocycles. The SMILES string of the molecule is c1ccc(CSc2cncc(N3CCC(C4CCNN4)CC3)n2)cc1. The van der Waals surface area contributed by atoms with E-state index < -0.39 is 0 Å². The van der Waals surface area contributed by atoms with Crippen LogP contribution in [-0.2, 0) is 5.75 Å². The largest absolute Gasteiger partial charge is 0.355 e. The van der Waals surface area contributed by atoms with Crippen molar-refractivity contribution in [3.8, 4) is 0 Å². The topological polar surface area (TPSA) is 53.1 Å². The lowest BCUT2D eigenvalue weighted by atomic mass is 9.88. The van der Waals surface area contributed by atoms with Gasteiger partial charge < -0.3 is 4.90 Å². The molecular weight excluding hydrogens is 330 g/mol. The number of aromatic nitrogens is 2. The lowest BCUT2D eigenvalue weighted by Crippen LogP contribution is -2.43. The molecule has 0 bridgehead atoms. The number of anilines is 1. The van der Waals surface area contributed by atoms with Crippen LogP contribution in [0.5, 0.6) is 0 Å². The molecule has 1 aromatic carbocycles. The van der Waals surface area contributed by atoms with Gasteiger partial charge in [-0.15, -0.1) is 11.8 Å². The van der Waals surface area contributed by atoms with E-state index in [1.54, 1.807) is 11.8 Å². The highest BCUT2D eigenvalue weighted by molar-refractivity contribution is 7.98. The van der Waals surface area contributed by atoms with Crippen LogP contribution in [0.15, 0.2) is 47.8 Å². The Morgan fingerprint density at radius 1 is 1.08 bits per heavy atom. The van der Waals surface area contributed by atoms with Crippen molar-refractivity contribution in [1.29, 1.82) is 0 Å². The second kappa shape index (κ2) is 8.17. The van der Waals surface area contributed by atoms with Crippen molar-refractivity contribution in [2.24, 2.45) is 5.92 Å². The molecule has 1 unspecified atom stereocenters. The Morgan fingerprint density at radius 2 is 1.92 bits per heavy atom. The van der Waals surface area contributed by atoms with Gasteiger partial charge in [-0.3, -0.25) is 15.8 Å². The van der Waals surface area contributed by atoms with E-state index in [0.29, 0.717) is 6.04 Å². The van der Waals surface area contributed by atoms with Crippen molar-refractivity contribution in [3.05, 3.63) is 48.3 Å². The minimum Gasteiger partial charge on any atom is -0.355 e. The van der Waals surface area contributed by atoms with Crippen LogP contribution in [-0.4, -0.2) is 35.6 Å². The fraction of sp³-hybridized carbons (Fsp3) is 0.474. The lowest BCUT2D eigenvalue weighted by molar-refractivity contribution is 0.310. The summed E-state index contributed by atoms with van der Waals surface area (Å²) in [5.41, 5.74) is 8.00. The third-order valence-corrected chi connectivity index (χ3v) is 6.10. The number of thioether (sulfide) groups is 1. The maximum atomic E-state index is 4.83. The molecule has 6 heteroatoms. The van der Waals surface area contributed by atoms with E-state index in [4.69, 9.17) is 4.98 Å². The van der Waals surface area contributed by atoms with E-state index in [-0.39, 0.29) is 0 Å². The number of piperidine rings is 1. The number of nitrogens with one attached hydrogen (secondary N) is 2. The van der Waals surface area contributed by atoms with Crippen molar-refractivity contribution < 1.29 is 0 Å². The summed E-state index contributed by atoms with van der Waals surface area (Å²) in [6, 6.07) is 11.2. The third-order valence-electron chi connectivity index (χ3n) is 5.13. The van der Waals surface area contributed by atoms with E-state index in [0.717, 1.165) is 42.1 Å². The first-order valence-corrected chi connectivity index (χ1v) is 10.1. The highest BCUT2D eigenvalue weighted by Gasteiger charge is 2.28. The number of hydrogen-bond acceptors (Lipinski definition) is 6. The molecule has 1 aromatic heterocycles. The smallest absolute Gasteiger partial charge is 0.148 e. The monoisotopic (exact) mass is 355 g/mol. The molecule has 2 aliphatic rings. The van der Waals surface area contributed by atoms with Crippen molar-refractivity contribution in [2.75, 3.05) is 24.5 Å². The summed E-state index contributed by atoms with van der Waals surface area (Å²) in [5, 5.41) is 1.00. The summed E-state index contributed by atoms with van der Waals surface area (Å²) in [4.78, 5) is 11.6. The van der Waals surface area contributed by atoms with Crippen molar-refractivity contribution in [3.63, 3.8) is 0 Å². The maximum Gasteiger partial charge on any atom is 0.148 e. The highest BCUT2D eigenvalue weighted by Crippen LogP contribution is 2.27. The Labute approximate surface area is 153 Å². The van der Waals surface area contributed by atoms with Gasteiger partial charge in [-0.25, -0.2) is 4.98 Å². The number of rotatable bonds is 5. The van der Waals surface area contributed by atoms with Crippen LogP contribution in [0.3, 0.4) is 0 Å². The van der Waals surface area contributed by atoms with E-state index in [2.05, 4.69) is 51.1 Å². The zero-order valence-electron chi connectivity index (χ0n) is 14.4. The van der Waals surface area contributed by atoms with Crippen molar-refractivity contribution in [2.45, 2.75) is 36.1 Å². The molecule has 2 aliphatic heterocycles. The quantitative estimate of drug-likeness (QED) is 0.805. The Balaban J connectivity index is 1.33. The van der Waals surface area contributed by atoms with E-state index in [1.807, 2.05) is 12.4 Å². The normalized spacial score (nSPS) is 21.6. The molecule has 2 saturated heterocycles. The molecule has 132 valence electrons. The Hall–Kier alpha value is -1.63. The molecule has 25 heavy (non-hydrogen) atoms. The lowest BCUT2D eigenvalue weighted by Gasteiger charge is -2.35. The van der Waals surface area contributed by atoms with Crippen LogP contribution in [0, 0.1) is 5.92 Å². The second-order valence-electron chi connectivity index (χ2n) is 6.78. The molecule has 0 amide bonds. The number of benzene rings is 1. The predicted molar refractivity (Wildman–Crippen MR) is 103 cm³/mol. The van der Waals surface area contributed by atoms with Gasteiger partial charge in [-0.2, -0.15) is 0 Å². The minimum atomic E-state index is 0.640. The van der Waals surface area contributed by atoms with Crippen LogP contribution < -0.4 is 15.8 Å². The van der Waals surface area contributed by atoms with Gasteiger partial charge >= 0.3 is 0 Å². The molecule has 3 heterocycles. The zero-order valence-corrected chi connectivity index (χ0v) is 15.2. The Bertz CT molecular complexity index is 667. The summed E-state index contributed by atoms with van der Waals surface area (Å²) < 4.78 is 0. The molecule has 2 fully saturated rings. The maximum absolute atomic E-state index is 4.83. The summed E-state index contributed by atoms with van der Waals surface area (Å²) in [6.45, 7) is 3.24. The molecule has 2 aromatic rings. The summed E-state index contributed by atoms with van der Waals surface area (Å²) in [7, 11) is 0. The number of nitrogens with zero attached hydrogens (tertiary/aromatic N) is 3. The first kappa shape index (κ1) is 16.8. The van der Waals surface area contributed by atoms with Crippen LogP contribution in [0.2, 0.25) is 0 Å². The summed E-state index contributed by atoms with van der Waals surface area (Å²) >= 11 is 1.75. The molecule has 5 nitrogen and oxygen atoms in total. The van der Waals surface area contributed by atoms with Crippen LogP contribution in [0.25, 0.3) is 0 Å². The van der Waals surface area contributed by atoms with Crippen LogP contribution in [0.4, 0.5) is 5.82 Å². The molecule has 2 N–H and O–H groups in total. The molecule has 4 rings (SSSR count). The fourth-order valence-electron chi connectivity index (χ4n) is 3.68. The van der Waals surface area contributed by atoms with E-state index >= 15 is 0 Å². The first-order chi connectivity index (χ1) is 12.4. The summed E-state index contributed by atoms with van der Waals surface area (Å²) in [5.74, 6) is 2.73. The van der Waals surface area contributed by atoms with Gasteiger partial charge in [0.1, 0.15) is 10.8 Å². The Morgan fingerprint density at radius 3 is 2.68 bits per heavy atom. The molecule has 0 spiro atoms. The van der Waals surface area contributed by atoms with Crippen LogP contribution >= 0.6 is 11.8 Å². The second-order valence-corrected chi connectivity index (χ2v) is 7.78. The number of hydrogen-bond donors (Lipinski definition) is 2. The van der Waals surface area contributed by atoms with Gasteiger partial charge in [0.05, 0.1) is 12.4 Å². The van der Waals surface area contributed by atoms with Crippen molar-refractivity contribution in [1.82, 2.24) is 20.8 Å². The predicted octanol–water partition coefficient (Wildman–Crippen LogP) is 2.85. The fourth-order valence-corrected chi connectivity index (χ4v) is 4.48. The molecule has 1 atom stereocenters. The molecular formula is C19H25N5S. The van der Waals surface area contributed by atoms with E-state index in [9.17, 15) is 0 Å². The minimum absolute atomic E-state index is 0.640. The average molecular weight is 356 g/mol.